The van der Waals surface area contributed by atoms with E-state index in [1.54, 1.807) is 24.3 Å². The van der Waals surface area contributed by atoms with Gasteiger partial charge in [0.2, 0.25) is 5.91 Å². The molecule has 0 spiro atoms. The van der Waals surface area contributed by atoms with Crippen LogP contribution in [0.4, 0.5) is 5.69 Å². The molecule has 0 saturated carbocycles. The number of ketones is 1. The van der Waals surface area contributed by atoms with E-state index in [1.807, 2.05) is 13.8 Å². The molecule has 1 aromatic carbocycles. The zero-order chi connectivity index (χ0) is 12.8. The Kier molecular flexibility index (Phi) is 4.69. The quantitative estimate of drug-likeness (QED) is 0.764. The van der Waals surface area contributed by atoms with Gasteiger partial charge < -0.3 is 10.6 Å². The van der Waals surface area contributed by atoms with Crippen molar-refractivity contribution in [3.63, 3.8) is 0 Å². The lowest BCUT2D eigenvalue weighted by atomic mass is 10.1. The zero-order valence-electron chi connectivity index (χ0n) is 10.4. The van der Waals surface area contributed by atoms with Crippen LogP contribution in [-0.2, 0) is 4.79 Å². The number of anilines is 1. The molecule has 4 heteroatoms. The summed E-state index contributed by atoms with van der Waals surface area (Å²) < 4.78 is 0. The molecule has 0 aliphatic carbocycles. The standard InChI is InChI=1S/C13H18N2O2/c1-9(2)15-13(17)8-14-12-6-4-11(5-7-12)10(3)16/h4-7,9,14H,8H2,1-3H3,(H,15,17). The maximum absolute atomic E-state index is 11.4. The molecule has 4 nitrogen and oxygen atoms in total. The van der Waals surface area contributed by atoms with Crippen LogP contribution in [0.3, 0.4) is 0 Å². The molecule has 0 bridgehead atoms. The predicted octanol–water partition coefficient (Wildman–Crippen LogP) is 1.83. The number of amides is 1. The van der Waals surface area contributed by atoms with Crippen LogP contribution in [0.5, 0.6) is 0 Å². The van der Waals surface area contributed by atoms with Gasteiger partial charge in [-0.15, -0.1) is 0 Å². The summed E-state index contributed by atoms with van der Waals surface area (Å²) in [6.07, 6.45) is 0. The third kappa shape index (κ3) is 4.68. The minimum Gasteiger partial charge on any atom is -0.376 e. The predicted molar refractivity (Wildman–Crippen MR) is 68.2 cm³/mol. The lowest BCUT2D eigenvalue weighted by Crippen LogP contribution is -2.34. The van der Waals surface area contributed by atoms with Gasteiger partial charge in [0.15, 0.2) is 5.78 Å². The fourth-order valence-electron chi connectivity index (χ4n) is 1.38. The number of nitrogens with one attached hydrogen (secondary N) is 2. The Bertz CT molecular complexity index is 396. The molecule has 0 fully saturated rings. The number of Topliss-reactive ketones (excluding diaryl/α,β-unsaturated/α-hetero) is 1. The van der Waals surface area contributed by atoms with Gasteiger partial charge in [-0.2, -0.15) is 0 Å². The fraction of sp³-hybridized carbons (Fsp3) is 0.385. The molecule has 92 valence electrons. The van der Waals surface area contributed by atoms with Crippen molar-refractivity contribution in [3.8, 4) is 0 Å². The first kappa shape index (κ1) is 13.2. The van der Waals surface area contributed by atoms with Crippen molar-refractivity contribution in [2.24, 2.45) is 0 Å². The number of hydrogen-bond donors (Lipinski definition) is 2. The summed E-state index contributed by atoms with van der Waals surface area (Å²) in [6.45, 7) is 5.59. The van der Waals surface area contributed by atoms with Gasteiger partial charge in [-0.1, -0.05) is 0 Å². The molecular weight excluding hydrogens is 216 g/mol. The molecule has 1 aromatic rings. The first-order chi connectivity index (χ1) is 7.99. The second-order valence-corrected chi connectivity index (χ2v) is 4.21. The number of hydrogen-bond acceptors (Lipinski definition) is 3. The number of benzene rings is 1. The number of carbonyl (C=O) groups excluding carboxylic acids is 2. The van der Waals surface area contributed by atoms with Crippen LogP contribution in [0, 0.1) is 0 Å². The van der Waals surface area contributed by atoms with Crippen molar-refractivity contribution in [2.75, 3.05) is 11.9 Å². The van der Waals surface area contributed by atoms with Gasteiger partial charge in [-0.05, 0) is 45.0 Å². The summed E-state index contributed by atoms with van der Waals surface area (Å²) in [7, 11) is 0. The van der Waals surface area contributed by atoms with E-state index in [1.165, 1.54) is 6.92 Å². The third-order valence-electron chi connectivity index (χ3n) is 2.19. The highest BCUT2D eigenvalue weighted by Crippen LogP contribution is 2.09. The van der Waals surface area contributed by atoms with E-state index in [0.29, 0.717) is 5.56 Å². The van der Waals surface area contributed by atoms with Gasteiger partial charge in [-0.25, -0.2) is 0 Å². The molecule has 0 saturated heterocycles. The molecule has 1 amide bonds. The van der Waals surface area contributed by atoms with Crippen LogP contribution in [0.15, 0.2) is 24.3 Å². The summed E-state index contributed by atoms with van der Waals surface area (Å²) in [5.41, 5.74) is 1.50. The van der Waals surface area contributed by atoms with Crippen molar-refractivity contribution in [1.82, 2.24) is 5.32 Å². The van der Waals surface area contributed by atoms with Gasteiger partial charge in [0.25, 0.3) is 0 Å². The summed E-state index contributed by atoms with van der Waals surface area (Å²) in [4.78, 5) is 22.4. The molecule has 0 radical (unpaired) electrons. The maximum Gasteiger partial charge on any atom is 0.239 e. The second kappa shape index (κ2) is 6.03. The lowest BCUT2D eigenvalue weighted by Gasteiger charge is -2.10. The van der Waals surface area contributed by atoms with Gasteiger partial charge in [0.05, 0.1) is 6.54 Å². The van der Waals surface area contributed by atoms with Crippen LogP contribution < -0.4 is 10.6 Å². The van der Waals surface area contributed by atoms with E-state index >= 15 is 0 Å². The van der Waals surface area contributed by atoms with Crippen LogP contribution >= 0.6 is 0 Å². The molecule has 17 heavy (non-hydrogen) atoms. The summed E-state index contributed by atoms with van der Waals surface area (Å²) >= 11 is 0. The normalized spacial score (nSPS) is 10.1. The smallest absolute Gasteiger partial charge is 0.239 e. The Labute approximate surface area is 101 Å². The highest BCUT2D eigenvalue weighted by atomic mass is 16.2. The molecule has 0 aliphatic heterocycles. The van der Waals surface area contributed by atoms with E-state index in [0.717, 1.165) is 5.69 Å². The molecule has 0 aromatic heterocycles. The third-order valence-corrected chi connectivity index (χ3v) is 2.19. The SMILES string of the molecule is CC(=O)c1ccc(NCC(=O)NC(C)C)cc1. The Hall–Kier alpha value is -1.84. The second-order valence-electron chi connectivity index (χ2n) is 4.21. The average molecular weight is 234 g/mol. The number of carbonyl (C=O) groups is 2. The Morgan fingerprint density at radius 3 is 2.24 bits per heavy atom. The summed E-state index contributed by atoms with van der Waals surface area (Å²) in [5.74, 6) is -0.00950. The molecule has 0 atom stereocenters. The first-order valence-electron chi connectivity index (χ1n) is 5.63. The van der Waals surface area contributed by atoms with E-state index in [-0.39, 0.29) is 24.3 Å². The molecule has 2 N–H and O–H groups in total. The monoisotopic (exact) mass is 234 g/mol. The molecular formula is C13H18N2O2. The minimum absolute atomic E-state index is 0.0362. The van der Waals surface area contributed by atoms with E-state index in [4.69, 9.17) is 0 Å². The zero-order valence-corrected chi connectivity index (χ0v) is 10.4. The van der Waals surface area contributed by atoms with Crippen LogP contribution in [0.2, 0.25) is 0 Å². The molecule has 0 aliphatic rings. The van der Waals surface area contributed by atoms with Crippen LogP contribution in [-0.4, -0.2) is 24.3 Å². The lowest BCUT2D eigenvalue weighted by molar-refractivity contribution is -0.119. The van der Waals surface area contributed by atoms with Gasteiger partial charge in [-0.3, -0.25) is 9.59 Å². The van der Waals surface area contributed by atoms with Gasteiger partial charge in [0, 0.05) is 17.3 Å². The summed E-state index contributed by atoms with van der Waals surface area (Å²) in [6, 6.07) is 7.21. The van der Waals surface area contributed by atoms with Gasteiger partial charge in [0.1, 0.15) is 0 Å². The maximum atomic E-state index is 11.4. The number of rotatable bonds is 5. The van der Waals surface area contributed by atoms with Crippen LogP contribution in [0.25, 0.3) is 0 Å². The van der Waals surface area contributed by atoms with Crippen molar-refractivity contribution in [1.29, 1.82) is 0 Å². The Morgan fingerprint density at radius 2 is 1.76 bits per heavy atom. The van der Waals surface area contributed by atoms with Crippen molar-refractivity contribution in [2.45, 2.75) is 26.8 Å². The Morgan fingerprint density at radius 1 is 1.18 bits per heavy atom. The largest absolute Gasteiger partial charge is 0.376 e. The van der Waals surface area contributed by atoms with E-state index in [9.17, 15) is 9.59 Å². The fourth-order valence-corrected chi connectivity index (χ4v) is 1.38. The summed E-state index contributed by atoms with van der Waals surface area (Å²) in [5, 5.41) is 5.78. The van der Waals surface area contributed by atoms with Crippen molar-refractivity contribution in [3.05, 3.63) is 29.8 Å². The van der Waals surface area contributed by atoms with E-state index < -0.39 is 0 Å². The molecule has 1 rings (SSSR count). The van der Waals surface area contributed by atoms with E-state index in [2.05, 4.69) is 10.6 Å². The molecule has 0 unspecified atom stereocenters. The highest BCUT2D eigenvalue weighted by molar-refractivity contribution is 5.94. The highest BCUT2D eigenvalue weighted by Gasteiger charge is 2.03. The van der Waals surface area contributed by atoms with Crippen molar-refractivity contribution < 1.29 is 9.59 Å². The topological polar surface area (TPSA) is 58.2 Å². The minimum atomic E-state index is -0.0457. The Balaban J connectivity index is 2.47. The first-order valence-corrected chi connectivity index (χ1v) is 5.63. The van der Waals surface area contributed by atoms with Gasteiger partial charge >= 0.3 is 0 Å². The molecule has 0 heterocycles. The average Bonchev–Trinajstić information content (AvgIpc) is 2.26. The van der Waals surface area contributed by atoms with Crippen LogP contribution in [0.1, 0.15) is 31.1 Å². The van der Waals surface area contributed by atoms with Crippen molar-refractivity contribution >= 4 is 17.4 Å².